The number of rotatable bonds is 5. The van der Waals surface area contributed by atoms with Crippen LogP contribution in [0.2, 0.25) is 0 Å². The van der Waals surface area contributed by atoms with Gasteiger partial charge in [0.05, 0.1) is 17.1 Å². The molecule has 0 radical (unpaired) electrons. The third-order valence-corrected chi connectivity index (χ3v) is 5.47. The summed E-state index contributed by atoms with van der Waals surface area (Å²) in [6.45, 7) is 4.85. The van der Waals surface area contributed by atoms with E-state index in [2.05, 4.69) is 5.32 Å². The van der Waals surface area contributed by atoms with Gasteiger partial charge in [-0.3, -0.25) is 19.3 Å². The Bertz CT molecular complexity index is 898. The summed E-state index contributed by atoms with van der Waals surface area (Å²) in [6, 6.07) is 16.5. The second kappa shape index (κ2) is 8.06. The van der Waals surface area contributed by atoms with Crippen LogP contribution in [0.1, 0.15) is 20.8 Å². The van der Waals surface area contributed by atoms with E-state index in [4.69, 9.17) is 4.74 Å². The molecule has 2 aromatic rings. The first-order chi connectivity index (χ1) is 13.3. The number of nitrogens with zero attached hydrogens (tertiary/aromatic N) is 1. The highest BCUT2D eigenvalue weighted by atomic mass is 32.2. The molecule has 1 atom stereocenters. The molecule has 1 aliphatic rings. The molecule has 6 nitrogen and oxygen atoms in total. The van der Waals surface area contributed by atoms with Crippen molar-refractivity contribution in [2.45, 2.75) is 37.3 Å². The number of fused-ring (bicyclic) bond motifs is 1. The molecule has 0 unspecified atom stereocenters. The van der Waals surface area contributed by atoms with Crippen molar-refractivity contribution in [3.63, 3.8) is 0 Å². The maximum atomic E-state index is 13.1. The van der Waals surface area contributed by atoms with Gasteiger partial charge < -0.3 is 10.1 Å². The Morgan fingerprint density at radius 1 is 1.11 bits per heavy atom. The molecule has 0 aromatic heterocycles. The second-order valence-corrected chi connectivity index (χ2v) is 7.99. The number of carbonyl (C=O) groups is 3. The van der Waals surface area contributed by atoms with E-state index in [9.17, 15) is 14.4 Å². The van der Waals surface area contributed by atoms with Crippen LogP contribution in [-0.4, -0.2) is 35.2 Å². The van der Waals surface area contributed by atoms with Crippen LogP contribution in [-0.2, 0) is 19.1 Å². The zero-order chi connectivity index (χ0) is 20.3. The lowest BCUT2D eigenvalue weighted by atomic mass is 9.95. The lowest BCUT2D eigenvalue weighted by Gasteiger charge is -2.42. The smallest absolute Gasteiger partial charge is 0.317 e. The number of benzene rings is 2. The average molecular weight is 398 g/mol. The Kier molecular flexibility index (Phi) is 5.74. The molecule has 28 heavy (non-hydrogen) atoms. The van der Waals surface area contributed by atoms with Gasteiger partial charge in [-0.25, -0.2) is 0 Å². The normalized spacial score (nSPS) is 16.0. The quantitative estimate of drug-likeness (QED) is 0.616. The van der Waals surface area contributed by atoms with Crippen LogP contribution in [0.25, 0.3) is 0 Å². The van der Waals surface area contributed by atoms with Crippen LogP contribution in [0.15, 0.2) is 59.5 Å². The number of para-hydroxylation sites is 2. The summed E-state index contributed by atoms with van der Waals surface area (Å²) in [5.41, 5.74) is 0.0298. The molecule has 0 aliphatic carbocycles. The van der Waals surface area contributed by atoms with Crippen LogP contribution >= 0.6 is 11.8 Å². The van der Waals surface area contributed by atoms with Crippen molar-refractivity contribution >= 4 is 40.9 Å². The summed E-state index contributed by atoms with van der Waals surface area (Å²) in [4.78, 5) is 40.1. The Balaban J connectivity index is 1.71. The van der Waals surface area contributed by atoms with Gasteiger partial charge in [0.2, 0.25) is 5.91 Å². The van der Waals surface area contributed by atoms with E-state index in [0.717, 1.165) is 4.90 Å². The fraction of sp³-hybridized carbons (Fsp3) is 0.286. The fourth-order valence-corrected chi connectivity index (χ4v) is 3.67. The predicted octanol–water partition coefficient (Wildman–Crippen LogP) is 3.47. The van der Waals surface area contributed by atoms with Gasteiger partial charge in [-0.1, -0.05) is 30.3 Å². The van der Waals surface area contributed by atoms with Crippen LogP contribution < -0.4 is 10.2 Å². The first-order valence-corrected chi connectivity index (χ1v) is 9.91. The van der Waals surface area contributed by atoms with Crippen molar-refractivity contribution in [1.82, 2.24) is 0 Å². The molecule has 0 spiro atoms. The molecular weight excluding hydrogens is 376 g/mol. The third kappa shape index (κ3) is 4.04. The van der Waals surface area contributed by atoms with Crippen LogP contribution in [0.3, 0.4) is 0 Å². The highest BCUT2D eigenvalue weighted by Crippen LogP contribution is 2.37. The SMILES string of the molecule is C[C@H](OC(=O)CSc1ccccc1)C(=O)N1c2ccccc2NC(=O)C1(C)C. The van der Waals surface area contributed by atoms with Gasteiger partial charge in [0.15, 0.2) is 6.10 Å². The number of ether oxygens (including phenoxy) is 1. The summed E-state index contributed by atoms with van der Waals surface area (Å²) in [7, 11) is 0. The minimum absolute atomic E-state index is 0.0993. The van der Waals surface area contributed by atoms with Crippen molar-refractivity contribution in [2.24, 2.45) is 0 Å². The summed E-state index contributed by atoms with van der Waals surface area (Å²) in [5, 5.41) is 2.81. The summed E-state index contributed by atoms with van der Waals surface area (Å²) in [5.74, 6) is -1.12. The molecular formula is C21H22N2O4S. The Morgan fingerprint density at radius 3 is 2.46 bits per heavy atom. The van der Waals surface area contributed by atoms with Gasteiger partial charge in [0.1, 0.15) is 5.54 Å². The monoisotopic (exact) mass is 398 g/mol. The van der Waals surface area contributed by atoms with Gasteiger partial charge in [0, 0.05) is 4.90 Å². The summed E-state index contributed by atoms with van der Waals surface area (Å²) < 4.78 is 5.35. The number of esters is 1. The molecule has 0 saturated carbocycles. The predicted molar refractivity (Wildman–Crippen MR) is 109 cm³/mol. The van der Waals surface area contributed by atoms with Gasteiger partial charge in [-0.15, -0.1) is 11.8 Å². The number of hydrogen-bond donors (Lipinski definition) is 1. The number of thioether (sulfide) groups is 1. The molecule has 0 saturated heterocycles. The van der Waals surface area contributed by atoms with Gasteiger partial charge in [-0.2, -0.15) is 0 Å². The molecule has 0 fully saturated rings. The molecule has 2 amide bonds. The first kappa shape index (κ1) is 19.9. The molecule has 0 bridgehead atoms. The lowest BCUT2D eigenvalue weighted by molar-refractivity contribution is -0.151. The van der Waals surface area contributed by atoms with E-state index in [1.54, 1.807) is 38.1 Å². The summed E-state index contributed by atoms with van der Waals surface area (Å²) in [6.07, 6.45) is -1.01. The standard InChI is InChI=1S/C21H22N2O4S/c1-14(27-18(24)13-28-15-9-5-4-6-10-15)19(25)23-17-12-8-7-11-16(17)22-20(26)21(23,2)3/h4-12,14H,13H2,1-3H3,(H,22,26)/t14-/m0/s1. The third-order valence-electron chi connectivity index (χ3n) is 4.48. The van der Waals surface area contributed by atoms with Gasteiger partial charge in [-0.05, 0) is 45.0 Å². The minimum atomic E-state index is -1.11. The number of anilines is 2. The van der Waals surface area contributed by atoms with Gasteiger partial charge >= 0.3 is 5.97 Å². The number of carbonyl (C=O) groups excluding carboxylic acids is 3. The first-order valence-electron chi connectivity index (χ1n) is 8.92. The largest absolute Gasteiger partial charge is 0.452 e. The van der Waals surface area contributed by atoms with Crippen molar-refractivity contribution in [3.05, 3.63) is 54.6 Å². The fourth-order valence-electron chi connectivity index (χ4n) is 2.97. The molecule has 7 heteroatoms. The van der Waals surface area contributed by atoms with E-state index in [-0.39, 0.29) is 11.7 Å². The second-order valence-electron chi connectivity index (χ2n) is 6.94. The van der Waals surface area contributed by atoms with Crippen molar-refractivity contribution in [1.29, 1.82) is 0 Å². The zero-order valence-corrected chi connectivity index (χ0v) is 16.8. The van der Waals surface area contributed by atoms with Gasteiger partial charge in [0.25, 0.3) is 5.91 Å². The van der Waals surface area contributed by atoms with E-state index in [1.807, 2.05) is 30.3 Å². The van der Waals surface area contributed by atoms with Crippen molar-refractivity contribution < 1.29 is 19.1 Å². The molecule has 1 aliphatic heterocycles. The number of hydrogen-bond acceptors (Lipinski definition) is 5. The number of amides is 2. The zero-order valence-electron chi connectivity index (χ0n) is 16.0. The summed E-state index contributed by atoms with van der Waals surface area (Å²) >= 11 is 1.34. The average Bonchev–Trinajstić information content (AvgIpc) is 2.67. The van der Waals surface area contributed by atoms with Crippen molar-refractivity contribution in [3.8, 4) is 0 Å². The topological polar surface area (TPSA) is 75.7 Å². The maximum absolute atomic E-state index is 13.1. The molecule has 146 valence electrons. The molecule has 3 rings (SSSR count). The molecule has 2 aromatic carbocycles. The van der Waals surface area contributed by atoms with E-state index >= 15 is 0 Å². The van der Waals surface area contributed by atoms with Crippen LogP contribution in [0.4, 0.5) is 11.4 Å². The maximum Gasteiger partial charge on any atom is 0.317 e. The Hall–Kier alpha value is -2.80. The lowest BCUT2D eigenvalue weighted by Crippen LogP contribution is -2.60. The minimum Gasteiger partial charge on any atom is -0.452 e. The Morgan fingerprint density at radius 2 is 1.75 bits per heavy atom. The van der Waals surface area contributed by atoms with E-state index in [1.165, 1.54) is 23.6 Å². The Labute approximate surface area is 168 Å². The van der Waals surface area contributed by atoms with E-state index in [0.29, 0.717) is 11.4 Å². The van der Waals surface area contributed by atoms with Crippen LogP contribution in [0.5, 0.6) is 0 Å². The highest BCUT2D eigenvalue weighted by molar-refractivity contribution is 8.00. The van der Waals surface area contributed by atoms with E-state index < -0.39 is 23.5 Å². The number of nitrogens with one attached hydrogen (secondary N) is 1. The van der Waals surface area contributed by atoms with Crippen molar-refractivity contribution in [2.75, 3.05) is 16.0 Å². The van der Waals surface area contributed by atoms with Crippen LogP contribution in [0, 0.1) is 0 Å². The highest BCUT2D eigenvalue weighted by Gasteiger charge is 2.45. The molecule has 1 heterocycles. The molecule has 1 N–H and O–H groups in total.